The number of halogens is 1. The minimum absolute atomic E-state index is 0. The van der Waals surface area contributed by atoms with Gasteiger partial charge in [0.05, 0.1) is 19.8 Å². The van der Waals surface area contributed by atoms with Crippen LogP contribution in [-0.4, -0.2) is 65.5 Å². The number of carbonyl (C=O) groups is 1. The van der Waals surface area contributed by atoms with Gasteiger partial charge in [-0.2, -0.15) is 0 Å². The van der Waals surface area contributed by atoms with Crippen molar-refractivity contribution in [3.05, 3.63) is 0 Å². The SMILES string of the molecule is CN=C(NCCOCCC(C)C)NCC(=O)NCCOC.I. The van der Waals surface area contributed by atoms with Crippen LogP contribution < -0.4 is 16.0 Å². The average Bonchev–Trinajstić information content (AvgIpc) is 2.45. The van der Waals surface area contributed by atoms with Crippen LogP contribution in [0.3, 0.4) is 0 Å². The first-order valence-corrected chi connectivity index (χ1v) is 7.38. The Labute approximate surface area is 151 Å². The normalized spacial score (nSPS) is 11.0. The van der Waals surface area contributed by atoms with E-state index < -0.39 is 0 Å². The van der Waals surface area contributed by atoms with Crippen molar-refractivity contribution < 1.29 is 14.3 Å². The second-order valence-electron chi connectivity index (χ2n) is 4.99. The minimum Gasteiger partial charge on any atom is -0.383 e. The molecule has 0 aliphatic rings. The first-order chi connectivity index (χ1) is 10.1. The Morgan fingerprint density at radius 2 is 1.77 bits per heavy atom. The van der Waals surface area contributed by atoms with Gasteiger partial charge in [0.2, 0.25) is 5.91 Å². The molecule has 0 heterocycles. The van der Waals surface area contributed by atoms with E-state index in [0.29, 0.717) is 38.2 Å². The van der Waals surface area contributed by atoms with Gasteiger partial charge in [-0.1, -0.05) is 13.8 Å². The van der Waals surface area contributed by atoms with Gasteiger partial charge in [-0.15, -0.1) is 24.0 Å². The highest BCUT2D eigenvalue weighted by atomic mass is 127. The molecule has 3 N–H and O–H groups in total. The molecule has 0 aliphatic heterocycles. The topological polar surface area (TPSA) is 84.0 Å². The van der Waals surface area contributed by atoms with Crippen molar-refractivity contribution >= 4 is 35.8 Å². The van der Waals surface area contributed by atoms with Crippen LogP contribution in [-0.2, 0) is 14.3 Å². The Bertz CT molecular complexity index is 302. The van der Waals surface area contributed by atoms with Crippen molar-refractivity contribution in [3.8, 4) is 0 Å². The van der Waals surface area contributed by atoms with Crippen LogP contribution in [0.2, 0.25) is 0 Å². The third-order valence-corrected chi connectivity index (χ3v) is 2.65. The monoisotopic (exact) mass is 430 g/mol. The number of carbonyl (C=O) groups excluding carboxylic acids is 1. The van der Waals surface area contributed by atoms with E-state index in [-0.39, 0.29) is 36.4 Å². The maximum Gasteiger partial charge on any atom is 0.239 e. The van der Waals surface area contributed by atoms with E-state index in [1.54, 1.807) is 14.2 Å². The zero-order valence-electron chi connectivity index (χ0n) is 14.1. The van der Waals surface area contributed by atoms with Crippen LogP contribution in [0.5, 0.6) is 0 Å². The second-order valence-corrected chi connectivity index (χ2v) is 4.99. The highest BCUT2D eigenvalue weighted by molar-refractivity contribution is 14.0. The molecule has 0 saturated carbocycles. The van der Waals surface area contributed by atoms with Gasteiger partial charge in [0.25, 0.3) is 0 Å². The highest BCUT2D eigenvalue weighted by Crippen LogP contribution is 1.98. The summed E-state index contributed by atoms with van der Waals surface area (Å²) in [4.78, 5) is 15.5. The summed E-state index contributed by atoms with van der Waals surface area (Å²) in [7, 11) is 3.26. The molecule has 0 aromatic heterocycles. The lowest BCUT2D eigenvalue weighted by molar-refractivity contribution is -0.120. The molecule has 0 aliphatic carbocycles. The van der Waals surface area contributed by atoms with Crippen molar-refractivity contribution in [1.82, 2.24) is 16.0 Å². The summed E-state index contributed by atoms with van der Waals surface area (Å²) in [6.07, 6.45) is 1.06. The molecule has 0 bridgehead atoms. The van der Waals surface area contributed by atoms with E-state index in [9.17, 15) is 4.79 Å². The molecule has 0 saturated heterocycles. The van der Waals surface area contributed by atoms with Crippen LogP contribution >= 0.6 is 24.0 Å². The molecule has 1 amide bonds. The Balaban J connectivity index is 0. The number of ether oxygens (including phenoxy) is 2. The smallest absolute Gasteiger partial charge is 0.239 e. The molecule has 0 radical (unpaired) electrons. The average molecular weight is 430 g/mol. The van der Waals surface area contributed by atoms with E-state index in [4.69, 9.17) is 9.47 Å². The maximum absolute atomic E-state index is 11.5. The zero-order valence-corrected chi connectivity index (χ0v) is 16.4. The molecule has 0 fully saturated rings. The van der Waals surface area contributed by atoms with Crippen LogP contribution in [0.25, 0.3) is 0 Å². The number of amides is 1. The molecule has 0 unspecified atom stereocenters. The Morgan fingerprint density at radius 3 is 2.36 bits per heavy atom. The van der Waals surface area contributed by atoms with E-state index in [1.165, 1.54) is 0 Å². The summed E-state index contributed by atoms with van der Waals surface area (Å²) in [5.41, 5.74) is 0. The summed E-state index contributed by atoms with van der Waals surface area (Å²) in [6.45, 7) is 7.58. The number of methoxy groups -OCH3 is 1. The Kier molecular flexibility index (Phi) is 18.0. The van der Waals surface area contributed by atoms with Gasteiger partial charge in [-0.3, -0.25) is 9.79 Å². The van der Waals surface area contributed by atoms with Crippen molar-refractivity contribution in [3.63, 3.8) is 0 Å². The molecule has 22 heavy (non-hydrogen) atoms. The van der Waals surface area contributed by atoms with E-state index in [2.05, 4.69) is 34.8 Å². The second kappa shape index (κ2) is 16.8. The van der Waals surface area contributed by atoms with Crippen molar-refractivity contribution in [1.29, 1.82) is 0 Å². The Hall–Kier alpha value is -0.610. The molecule has 0 aromatic carbocycles. The molecule has 0 spiro atoms. The molecule has 0 aromatic rings. The summed E-state index contributed by atoms with van der Waals surface area (Å²) in [5, 5.41) is 8.75. The number of hydrogen-bond acceptors (Lipinski definition) is 4. The molecular weight excluding hydrogens is 399 g/mol. The van der Waals surface area contributed by atoms with Gasteiger partial charge in [-0.05, 0) is 12.3 Å². The fourth-order valence-electron chi connectivity index (χ4n) is 1.40. The van der Waals surface area contributed by atoms with Crippen LogP contribution in [0.1, 0.15) is 20.3 Å². The predicted octanol–water partition coefficient (Wildman–Crippen LogP) is 0.595. The van der Waals surface area contributed by atoms with Crippen LogP contribution in [0.4, 0.5) is 0 Å². The minimum atomic E-state index is -0.0943. The number of nitrogens with zero attached hydrogens (tertiary/aromatic N) is 1. The summed E-state index contributed by atoms with van der Waals surface area (Å²) >= 11 is 0. The predicted molar refractivity (Wildman–Crippen MR) is 99.9 cm³/mol. The number of guanidine groups is 1. The van der Waals surface area contributed by atoms with Crippen LogP contribution in [0.15, 0.2) is 4.99 Å². The zero-order chi connectivity index (χ0) is 15.9. The first kappa shape index (κ1) is 23.7. The lowest BCUT2D eigenvalue weighted by atomic mass is 10.1. The van der Waals surface area contributed by atoms with E-state index in [1.807, 2.05) is 0 Å². The third kappa shape index (κ3) is 15.8. The summed E-state index contributed by atoms with van der Waals surface area (Å²) in [5.74, 6) is 1.15. The van der Waals surface area contributed by atoms with E-state index in [0.717, 1.165) is 13.0 Å². The molecule has 7 nitrogen and oxygen atoms in total. The van der Waals surface area contributed by atoms with Crippen LogP contribution in [0, 0.1) is 5.92 Å². The van der Waals surface area contributed by atoms with Gasteiger partial charge in [0, 0.05) is 33.9 Å². The van der Waals surface area contributed by atoms with Crippen molar-refractivity contribution in [2.75, 3.05) is 53.6 Å². The highest BCUT2D eigenvalue weighted by Gasteiger charge is 2.02. The largest absolute Gasteiger partial charge is 0.383 e. The third-order valence-electron chi connectivity index (χ3n) is 2.65. The first-order valence-electron chi connectivity index (χ1n) is 7.38. The lowest BCUT2D eigenvalue weighted by Gasteiger charge is -2.12. The molecule has 8 heteroatoms. The Morgan fingerprint density at radius 1 is 1.09 bits per heavy atom. The molecule has 0 atom stereocenters. The fourth-order valence-corrected chi connectivity index (χ4v) is 1.40. The van der Waals surface area contributed by atoms with Gasteiger partial charge >= 0.3 is 0 Å². The number of rotatable bonds is 11. The van der Waals surface area contributed by atoms with Gasteiger partial charge in [-0.25, -0.2) is 0 Å². The molecule has 0 rings (SSSR count). The summed E-state index contributed by atoms with van der Waals surface area (Å²) < 4.78 is 10.3. The quantitative estimate of drug-likeness (QED) is 0.194. The van der Waals surface area contributed by atoms with Crippen molar-refractivity contribution in [2.45, 2.75) is 20.3 Å². The van der Waals surface area contributed by atoms with Gasteiger partial charge < -0.3 is 25.4 Å². The molecule has 132 valence electrons. The fraction of sp³-hybridized carbons (Fsp3) is 0.857. The van der Waals surface area contributed by atoms with E-state index >= 15 is 0 Å². The summed E-state index contributed by atoms with van der Waals surface area (Å²) in [6, 6.07) is 0. The number of nitrogens with one attached hydrogen (secondary N) is 3. The van der Waals surface area contributed by atoms with Crippen molar-refractivity contribution in [2.24, 2.45) is 10.9 Å². The maximum atomic E-state index is 11.5. The van der Waals surface area contributed by atoms with Gasteiger partial charge in [0.15, 0.2) is 5.96 Å². The van der Waals surface area contributed by atoms with Gasteiger partial charge in [0.1, 0.15) is 0 Å². The number of aliphatic imine (C=N–C) groups is 1. The molecular formula is C14H31IN4O3. The lowest BCUT2D eigenvalue weighted by Crippen LogP contribution is -2.44. The number of hydrogen-bond donors (Lipinski definition) is 3. The standard InChI is InChI=1S/C14H30N4O3.HI/c1-12(2)5-8-21-10-7-17-14(15-3)18-11-13(19)16-6-9-20-4;/h12H,5-11H2,1-4H3,(H,16,19)(H2,15,17,18);1H.